The van der Waals surface area contributed by atoms with E-state index in [4.69, 9.17) is 0 Å². The van der Waals surface area contributed by atoms with Gasteiger partial charge in [-0.15, -0.1) is 0 Å². The predicted molar refractivity (Wildman–Crippen MR) is 95.1 cm³/mol. The van der Waals surface area contributed by atoms with Gasteiger partial charge in [0.1, 0.15) is 5.82 Å². The molecule has 0 saturated carbocycles. The third-order valence-electron chi connectivity index (χ3n) is 4.43. The Morgan fingerprint density at radius 2 is 1.46 bits per heavy atom. The standard InChI is InChI=1S/C18H19F3N2O2S/c19-14-6-8-15(9-7-14)22-10-3-11-23(13-12-22)16-4-1-2-5-17(16)26(24,25)18(20)21/h1-2,4-9,18H,3,10-13H2. The smallest absolute Gasteiger partial charge is 0.341 e. The van der Waals surface area contributed by atoms with Gasteiger partial charge in [-0.2, -0.15) is 8.78 Å². The first-order valence-electron chi connectivity index (χ1n) is 8.26. The van der Waals surface area contributed by atoms with Crippen LogP contribution in [-0.4, -0.2) is 40.4 Å². The molecule has 1 aliphatic rings. The van der Waals surface area contributed by atoms with Crippen LogP contribution in [0.4, 0.5) is 24.5 Å². The first kappa shape index (κ1) is 18.6. The summed E-state index contributed by atoms with van der Waals surface area (Å²) in [6.45, 7) is 2.32. The summed E-state index contributed by atoms with van der Waals surface area (Å²) >= 11 is 0. The van der Waals surface area contributed by atoms with Crippen molar-refractivity contribution in [3.63, 3.8) is 0 Å². The van der Waals surface area contributed by atoms with Crippen LogP contribution in [0.15, 0.2) is 53.4 Å². The van der Waals surface area contributed by atoms with Gasteiger partial charge in [-0.3, -0.25) is 0 Å². The number of sulfone groups is 1. The van der Waals surface area contributed by atoms with Crippen molar-refractivity contribution in [2.24, 2.45) is 0 Å². The maximum atomic E-state index is 13.1. The molecule has 1 saturated heterocycles. The van der Waals surface area contributed by atoms with Crippen LogP contribution in [-0.2, 0) is 9.84 Å². The van der Waals surface area contributed by atoms with Crippen LogP contribution in [0.25, 0.3) is 0 Å². The number of alkyl halides is 2. The van der Waals surface area contributed by atoms with Gasteiger partial charge >= 0.3 is 5.76 Å². The highest BCUT2D eigenvalue weighted by Crippen LogP contribution is 2.30. The molecule has 8 heteroatoms. The number of benzene rings is 2. The second-order valence-electron chi connectivity index (χ2n) is 6.08. The Hall–Kier alpha value is -2.22. The number of rotatable bonds is 4. The molecule has 0 spiro atoms. The Labute approximate surface area is 150 Å². The first-order chi connectivity index (χ1) is 12.4. The zero-order valence-corrected chi connectivity index (χ0v) is 14.8. The van der Waals surface area contributed by atoms with Crippen molar-refractivity contribution in [2.45, 2.75) is 17.1 Å². The molecule has 26 heavy (non-hydrogen) atoms. The average molecular weight is 384 g/mol. The van der Waals surface area contributed by atoms with Crippen LogP contribution in [0, 0.1) is 5.82 Å². The van der Waals surface area contributed by atoms with Gasteiger partial charge in [0.2, 0.25) is 9.84 Å². The van der Waals surface area contributed by atoms with Gasteiger partial charge in [0, 0.05) is 31.9 Å². The minimum absolute atomic E-state index is 0.300. The lowest BCUT2D eigenvalue weighted by atomic mass is 10.2. The third kappa shape index (κ3) is 3.80. The summed E-state index contributed by atoms with van der Waals surface area (Å²) in [4.78, 5) is 3.55. The average Bonchev–Trinajstić information content (AvgIpc) is 2.88. The van der Waals surface area contributed by atoms with E-state index in [2.05, 4.69) is 4.90 Å². The van der Waals surface area contributed by atoms with E-state index in [0.717, 1.165) is 12.1 Å². The van der Waals surface area contributed by atoms with Gasteiger partial charge in [-0.1, -0.05) is 12.1 Å². The summed E-state index contributed by atoms with van der Waals surface area (Å²) in [5, 5.41) is 0. The van der Waals surface area contributed by atoms with Gasteiger partial charge in [0.15, 0.2) is 0 Å². The highest BCUT2D eigenvalue weighted by atomic mass is 32.2. The summed E-state index contributed by atoms with van der Waals surface area (Å²) < 4.78 is 63.0. The molecule has 1 heterocycles. The molecule has 0 atom stereocenters. The van der Waals surface area contributed by atoms with E-state index in [1.807, 2.05) is 4.90 Å². The maximum Gasteiger partial charge on any atom is 0.341 e. The summed E-state index contributed by atoms with van der Waals surface area (Å²) in [6, 6.07) is 12.0. The zero-order valence-electron chi connectivity index (χ0n) is 14.0. The lowest BCUT2D eigenvalue weighted by Gasteiger charge is -2.26. The van der Waals surface area contributed by atoms with E-state index in [0.29, 0.717) is 31.9 Å². The number of hydrogen-bond donors (Lipinski definition) is 0. The molecule has 3 rings (SSSR count). The monoisotopic (exact) mass is 384 g/mol. The van der Waals surface area contributed by atoms with Gasteiger partial charge in [-0.25, -0.2) is 12.8 Å². The fourth-order valence-corrected chi connectivity index (χ4v) is 4.07. The first-order valence-corrected chi connectivity index (χ1v) is 9.81. The van der Waals surface area contributed by atoms with Gasteiger partial charge in [0.05, 0.1) is 10.6 Å². The molecule has 0 radical (unpaired) electrons. The fraction of sp³-hybridized carbons (Fsp3) is 0.333. The molecule has 4 nitrogen and oxygen atoms in total. The molecular formula is C18H19F3N2O2S. The molecule has 1 fully saturated rings. The molecule has 140 valence electrons. The van der Waals surface area contributed by atoms with Crippen LogP contribution in [0.3, 0.4) is 0 Å². The van der Waals surface area contributed by atoms with Gasteiger partial charge < -0.3 is 9.80 Å². The van der Waals surface area contributed by atoms with Crippen molar-refractivity contribution >= 4 is 21.2 Å². The summed E-state index contributed by atoms with van der Waals surface area (Å²) in [5.41, 5.74) is 1.18. The second-order valence-corrected chi connectivity index (χ2v) is 7.96. The molecule has 2 aromatic carbocycles. The van der Waals surface area contributed by atoms with Gasteiger partial charge in [0.25, 0.3) is 0 Å². The molecule has 0 N–H and O–H groups in total. The third-order valence-corrected chi connectivity index (χ3v) is 5.86. The maximum absolute atomic E-state index is 13.1. The van der Waals surface area contributed by atoms with Crippen LogP contribution < -0.4 is 9.80 Å². The summed E-state index contributed by atoms with van der Waals surface area (Å²) in [5.74, 6) is -3.76. The van der Waals surface area contributed by atoms with E-state index in [1.165, 1.54) is 24.3 Å². The predicted octanol–water partition coefficient (Wildman–Crippen LogP) is 3.54. The fourth-order valence-electron chi connectivity index (χ4n) is 3.12. The quantitative estimate of drug-likeness (QED) is 0.809. The Morgan fingerprint density at radius 1 is 0.846 bits per heavy atom. The molecular weight excluding hydrogens is 365 g/mol. The van der Waals surface area contributed by atoms with Gasteiger partial charge in [-0.05, 0) is 42.8 Å². The van der Waals surface area contributed by atoms with Crippen LogP contribution in [0.1, 0.15) is 6.42 Å². The Balaban J connectivity index is 1.83. The Bertz CT molecular complexity index is 857. The van der Waals surface area contributed by atoms with Crippen molar-refractivity contribution in [1.29, 1.82) is 0 Å². The van der Waals surface area contributed by atoms with Crippen molar-refractivity contribution in [2.75, 3.05) is 36.0 Å². The minimum atomic E-state index is -4.67. The van der Waals surface area contributed by atoms with E-state index in [1.54, 1.807) is 24.3 Å². The summed E-state index contributed by atoms with van der Waals surface area (Å²) in [6.07, 6.45) is 0.723. The number of hydrogen-bond acceptors (Lipinski definition) is 4. The molecule has 0 unspecified atom stereocenters. The van der Waals surface area contributed by atoms with E-state index < -0.39 is 15.6 Å². The Kier molecular flexibility index (Phi) is 5.41. The lowest BCUT2D eigenvalue weighted by Crippen LogP contribution is -2.31. The molecule has 0 bridgehead atoms. The minimum Gasteiger partial charge on any atom is -0.370 e. The second kappa shape index (κ2) is 7.57. The Morgan fingerprint density at radius 3 is 2.15 bits per heavy atom. The number of para-hydroxylation sites is 1. The van der Waals surface area contributed by atoms with Crippen LogP contribution in [0.5, 0.6) is 0 Å². The van der Waals surface area contributed by atoms with E-state index in [9.17, 15) is 21.6 Å². The normalized spacial score (nSPS) is 16.0. The lowest BCUT2D eigenvalue weighted by molar-refractivity contribution is 0.235. The van der Waals surface area contributed by atoms with Crippen molar-refractivity contribution in [1.82, 2.24) is 0 Å². The highest BCUT2D eigenvalue weighted by Gasteiger charge is 2.31. The van der Waals surface area contributed by atoms with E-state index in [-0.39, 0.29) is 10.7 Å². The number of halogens is 3. The van der Waals surface area contributed by atoms with Crippen molar-refractivity contribution < 1.29 is 21.6 Å². The SMILES string of the molecule is O=S(=O)(c1ccccc1N1CCCN(c2ccc(F)cc2)CC1)C(F)F. The molecule has 0 amide bonds. The highest BCUT2D eigenvalue weighted by molar-refractivity contribution is 7.91. The largest absolute Gasteiger partial charge is 0.370 e. The molecule has 2 aromatic rings. The number of nitrogens with zero attached hydrogens (tertiary/aromatic N) is 2. The van der Waals surface area contributed by atoms with Crippen LogP contribution in [0.2, 0.25) is 0 Å². The zero-order chi connectivity index (χ0) is 18.7. The summed E-state index contributed by atoms with van der Waals surface area (Å²) in [7, 11) is -4.67. The molecule has 1 aliphatic heterocycles. The van der Waals surface area contributed by atoms with Crippen LogP contribution >= 0.6 is 0 Å². The van der Waals surface area contributed by atoms with Crippen molar-refractivity contribution in [3.05, 3.63) is 54.3 Å². The topological polar surface area (TPSA) is 40.6 Å². The molecule has 0 aromatic heterocycles. The van der Waals surface area contributed by atoms with Crippen molar-refractivity contribution in [3.8, 4) is 0 Å². The number of anilines is 2. The van der Waals surface area contributed by atoms with E-state index >= 15 is 0 Å². The molecule has 0 aliphatic carbocycles.